The third kappa shape index (κ3) is 4.21. The Balaban J connectivity index is 2.33. The number of phenolic OH excluding ortho intramolecular Hbond substituents is 1. The van der Waals surface area contributed by atoms with Crippen LogP contribution in [0.15, 0.2) is 24.5 Å². The van der Waals surface area contributed by atoms with E-state index in [2.05, 4.69) is 18.9 Å². The zero-order chi connectivity index (χ0) is 18.7. The number of carbonyl (C=O) groups is 1. The maximum absolute atomic E-state index is 12.9. The molecule has 1 N–H and O–H groups in total. The molecule has 1 heterocycles. The summed E-state index contributed by atoms with van der Waals surface area (Å²) in [7, 11) is 1.75. The fourth-order valence-corrected chi connectivity index (χ4v) is 2.83. The van der Waals surface area contributed by atoms with Crippen molar-refractivity contribution in [1.82, 2.24) is 14.7 Å². The van der Waals surface area contributed by atoms with Gasteiger partial charge in [0.2, 0.25) is 0 Å². The SMILES string of the molecule is CCn1cc(CN(C)C(=O)c2cc(C(C)C)cc(C(C)C)c2O)cn1. The molecule has 5 nitrogen and oxygen atoms in total. The Labute approximate surface area is 150 Å². The van der Waals surface area contributed by atoms with Gasteiger partial charge in [0.1, 0.15) is 5.75 Å². The summed E-state index contributed by atoms with van der Waals surface area (Å²) in [5, 5.41) is 14.9. The lowest BCUT2D eigenvalue weighted by Gasteiger charge is -2.21. The third-order valence-electron chi connectivity index (χ3n) is 4.46. The van der Waals surface area contributed by atoms with Gasteiger partial charge in [0.05, 0.1) is 11.8 Å². The average Bonchev–Trinajstić information content (AvgIpc) is 3.01. The Morgan fingerprint density at radius 3 is 2.44 bits per heavy atom. The lowest BCUT2D eigenvalue weighted by atomic mass is 9.91. The van der Waals surface area contributed by atoms with Crippen LogP contribution >= 0.6 is 0 Å². The second kappa shape index (κ2) is 7.72. The minimum absolute atomic E-state index is 0.0977. The van der Waals surface area contributed by atoms with E-state index in [4.69, 9.17) is 0 Å². The molecule has 0 aliphatic heterocycles. The molecule has 0 aliphatic rings. The summed E-state index contributed by atoms with van der Waals surface area (Å²) >= 11 is 0. The van der Waals surface area contributed by atoms with Crippen LogP contribution in [0.3, 0.4) is 0 Å². The highest BCUT2D eigenvalue weighted by Crippen LogP contribution is 2.33. The number of aromatic nitrogens is 2. The average molecular weight is 343 g/mol. The topological polar surface area (TPSA) is 58.4 Å². The number of rotatable bonds is 6. The highest BCUT2D eigenvalue weighted by Gasteiger charge is 2.22. The van der Waals surface area contributed by atoms with Gasteiger partial charge in [-0.3, -0.25) is 9.48 Å². The van der Waals surface area contributed by atoms with E-state index in [0.717, 1.165) is 23.2 Å². The summed E-state index contributed by atoms with van der Waals surface area (Å²) in [6.07, 6.45) is 3.71. The summed E-state index contributed by atoms with van der Waals surface area (Å²) in [4.78, 5) is 14.6. The first-order chi connectivity index (χ1) is 11.7. The zero-order valence-electron chi connectivity index (χ0n) is 16.1. The van der Waals surface area contributed by atoms with Crippen LogP contribution in [0.5, 0.6) is 5.75 Å². The lowest BCUT2D eigenvalue weighted by Crippen LogP contribution is -2.26. The molecular weight excluding hydrogens is 314 g/mol. The molecule has 0 fully saturated rings. The van der Waals surface area contributed by atoms with Gasteiger partial charge in [0, 0.05) is 31.9 Å². The molecular formula is C20H29N3O2. The van der Waals surface area contributed by atoms with Crippen molar-refractivity contribution in [1.29, 1.82) is 0 Å². The monoisotopic (exact) mass is 343 g/mol. The van der Waals surface area contributed by atoms with Crippen molar-refractivity contribution < 1.29 is 9.90 Å². The van der Waals surface area contributed by atoms with Crippen LogP contribution in [-0.2, 0) is 13.1 Å². The van der Waals surface area contributed by atoms with Gasteiger partial charge in [-0.15, -0.1) is 0 Å². The summed E-state index contributed by atoms with van der Waals surface area (Å²) in [6.45, 7) is 11.5. The smallest absolute Gasteiger partial charge is 0.257 e. The molecule has 0 atom stereocenters. The summed E-state index contributed by atoms with van der Waals surface area (Å²) in [5.41, 5.74) is 3.24. The van der Waals surface area contributed by atoms with E-state index in [-0.39, 0.29) is 23.5 Å². The summed E-state index contributed by atoms with van der Waals surface area (Å²) < 4.78 is 1.83. The Kier molecular flexibility index (Phi) is 5.88. The Morgan fingerprint density at radius 1 is 1.24 bits per heavy atom. The second-order valence-electron chi connectivity index (χ2n) is 7.18. The molecule has 136 valence electrons. The molecule has 0 aliphatic carbocycles. The van der Waals surface area contributed by atoms with Gasteiger partial charge in [-0.2, -0.15) is 5.10 Å². The first-order valence-corrected chi connectivity index (χ1v) is 8.88. The standard InChI is InChI=1S/C20H29N3O2/c1-7-23-12-15(10-21-23)11-22(6)20(25)18-9-16(13(2)3)8-17(14(4)5)19(18)24/h8-10,12-14,24H,7,11H2,1-6H3. The van der Waals surface area contributed by atoms with E-state index in [1.54, 1.807) is 18.1 Å². The van der Waals surface area contributed by atoms with E-state index in [0.29, 0.717) is 12.1 Å². The van der Waals surface area contributed by atoms with Gasteiger partial charge in [-0.1, -0.05) is 33.8 Å². The van der Waals surface area contributed by atoms with Gasteiger partial charge < -0.3 is 10.0 Å². The van der Waals surface area contributed by atoms with Crippen LogP contribution in [0.1, 0.15) is 73.5 Å². The summed E-state index contributed by atoms with van der Waals surface area (Å²) in [5.74, 6) is 0.364. The van der Waals surface area contributed by atoms with E-state index in [1.807, 2.05) is 43.8 Å². The molecule has 1 aromatic carbocycles. The first-order valence-electron chi connectivity index (χ1n) is 8.88. The number of hydrogen-bond acceptors (Lipinski definition) is 3. The molecule has 0 spiro atoms. The van der Waals surface area contributed by atoms with Crippen LogP contribution < -0.4 is 0 Å². The predicted octanol–water partition coefficient (Wildman–Crippen LogP) is 4.13. The van der Waals surface area contributed by atoms with Gasteiger partial charge in [0.25, 0.3) is 5.91 Å². The maximum atomic E-state index is 12.9. The summed E-state index contributed by atoms with van der Waals surface area (Å²) in [6, 6.07) is 3.83. The molecule has 0 bridgehead atoms. The number of amides is 1. The normalized spacial score (nSPS) is 11.4. The number of nitrogens with zero attached hydrogens (tertiary/aromatic N) is 3. The van der Waals surface area contributed by atoms with Crippen LogP contribution in [0, 0.1) is 0 Å². The van der Waals surface area contributed by atoms with Crippen molar-refractivity contribution in [3.63, 3.8) is 0 Å². The lowest BCUT2D eigenvalue weighted by molar-refractivity contribution is 0.0781. The quantitative estimate of drug-likeness (QED) is 0.858. The molecule has 0 radical (unpaired) electrons. The number of phenols is 1. The molecule has 5 heteroatoms. The number of aryl methyl sites for hydroxylation is 1. The number of hydrogen-bond donors (Lipinski definition) is 1. The molecule has 0 saturated heterocycles. The fourth-order valence-electron chi connectivity index (χ4n) is 2.83. The van der Waals surface area contributed by atoms with Crippen LogP contribution in [-0.4, -0.2) is 32.7 Å². The molecule has 2 aromatic rings. The molecule has 0 saturated carbocycles. The van der Waals surface area contributed by atoms with Crippen molar-refractivity contribution in [3.05, 3.63) is 46.8 Å². The highest BCUT2D eigenvalue weighted by molar-refractivity contribution is 5.97. The Morgan fingerprint density at radius 2 is 1.92 bits per heavy atom. The van der Waals surface area contributed by atoms with E-state index in [9.17, 15) is 9.90 Å². The fraction of sp³-hybridized carbons (Fsp3) is 0.500. The van der Waals surface area contributed by atoms with Crippen LogP contribution in [0.2, 0.25) is 0 Å². The minimum Gasteiger partial charge on any atom is -0.507 e. The zero-order valence-corrected chi connectivity index (χ0v) is 16.1. The Hall–Kier alpha value is -2.30. The van der Waals surface area contributed by atoms with Crippen molar-refractivity contribution in [2.45, 2.75) is 59.5 Å². The molecule has 1 aromatic heterocycles. The van der Waals surface area contributed by atoms with Crippen molar-refractivity contribution >= 4 is 5.91 Å². The van der Waals surface area contributed by atoms with Gasteiger partial charge >= 0.3 is 0 Å². The second-order valence-corrected chi connectivity index (χ2v) is 7.18. The molecule has 25 heavy (non-hydrogen) atoms. The van der Waals surface area contributed by atoms with Gasteiger partial charge in [0.15, 0.2) is 0 Å². The largest absolute Gasteiger partial charge is 0.507 e. The predicted molar refractivity (Wildman–Crippen MR) is 100.0 cm³/mol. The minimum atomic E-state index is -0.175. The van der Waals surface area contributed by atoms with Crippen molar-refractivity contribution in [2.24, 2.45) is 0 Å². The molecule has 2 rings (SSSR count). The van der Waals surface area contributed by atoms with Gasteiger partial charge in [-0.25, -0.2) is 0 Å². The first kappa shape index (κ1) is 19.0. The highest BCUT2D eigenvalue weighted by atomic mass is 16.3. The number of carbonyl (C=O) groups excluding carboxylic acids is 1. The maximum Gasteiger partial charge on any atom is 0.257 e. The van der Waals surface area contributed by atoms with E-state index in [1.165, 1.54) is 0 Å². The number of benzene rings is 1. The van der Waals surface area contributed by atoms with E-state index >= 15 is 0 Å². The molecule has 0 unspecified atom stereocenters. The van der Waals surface area contributed by atoms with E-state index < -0.39 is 0 Å². The van der Waals surface area contributed by atoms with Crippen LogP contribution in [0.25, 0.3) is 0 Å². The number of aromatic hydroxyl groups is 1. The van der Waals surface area contributed by atoms with Crippen molar-refractivity contribution in [2.75, 3.05) is 7.05 Å². The van der Waals surface area contributed by atoms with Crippen LogP contribution in [0.4, 0.5) is 0 Å². The van der Waals surface area contributed by atoms with Crippen molar-refractivity contribution in [3.8, 4) is 5.75 Å². The third-order valence-corrected chi connectivity index (χ3v) is 4.46. The Bertz CT molecular complexity index is 747. The van der Waals surface area contributed by atoms with Gasteiger partial charge in [-0.05, 0) is 36.0 Å². The molecule has 1 amide bonds.